The SMILES string of the molecule is CNCCCc1ccc(S(=O)(=O)NCCOC)cc1. The van der Waals surface area contributed by atoms with Crippen molar-refractivity contribution in [2.75, 3.05) is 33.9 Å². The van der Waals surface area contributed by atoms with Crippen LogP contribution in [0, 0.1) is 0 Å². The van der Waals surface area contributed by atoms with Crippen molar-refractivity contribution in [2.24, 2.45) is 0 Å². The smallest absolute Gasteiger partial charge is 0.240 e. The van der Waals surface area contributed by atoms with E-state index in [4.69, 9.17) is 4.74 Å². The number of hydrogen-bond donors (Lipinski definition) is 2. The van der Waals surface area contributed by atoms with E-state index in [9.17, 15) is 8.42 Å². The number of benzene rings is 1. The molecular formula is C13H22N2O3S. The zero-order valence-corrected chi connectivity index (χ0v) is 12.3. The predicted molar refractivity (Wildman–Crippen MR) is 75.8 cm³/mol. The lowest BCUT2D eigenvalue weighted by atomic mass is 10.1. The molecule has 0 amide bonds. The standard InChI is InChI=1S/C13H22N2O3S/c1-14-9-3-4-12-5-7-13(8-6-12)19(16,17)15-10-11-18-2/h5-8,14-15H,3-4,9-11H2,1-2H3. The molecule has 0 spiro atoms. The molecule has 0 aliphatic carbocycles. The number of nitrogens with one attached hydrogen (secondary N) is 2. The van der Waals surface area contributed by atoms with Crippen LogP contribution in [0.5, 0.6) is 0 Å². The molecule has 1 rings (SSSR count). The van der Waals surface area contributed by atoms with Gasteiger partial charge in [0.2, 0.25) is 10.0 Å². The molecule has 0 heterocycles. The molecule has 2 N–H and O–H groups in total. The Morgan fingerprint density at radius 3 is 2.42 bits per heavy atom. The summed E-state index contributed by atoms with van der Waals surface area (Å²) in [5.41, 5.74) is 1.14. The summed E-state index contributed by atoms with van der Waals surface area (Å²) in [5.74, 6) is 0. The summed E-state index contributed by atoms with van der Waals surface area (Å²) in [5, 5.41) is 3.08. The van der Waals surface area contributed by atoms with Crippen LogP contribution in [-0.4, -0.2) is 42.3 Å². The Morgan fingerprint density at radius 2 is 1.84 bits per heavy atom. The maximum Gasteiger partial charge on any atom is 0.240 e. The van der Waals surface area contributed by atoms with Crippen molar-refractivity contribution in [2.45, 2.75) is 17.7 Å². The molecule has 0 saturated heterocycles. The first-order valence-electron chi connectivity index (χ1n) is 6.32. The molecule has 0 unspecified atom stereocenters. The van der Waals surface area contributed by atoms with Crippen LogP contribution in [0.1, 0.15) is 12.0 Å². The summed E-state index contributed by atoms with van der Waals surface area (Å²) >= 11 is 0. The van der Waals surface area contributed by atoms with Crippen LogP contribution < -0.4 is 10.0 Å². The highest BCUT2D eigenvalue weighted by molar-refractivity contribution is 7.89. The van der Waals surface area contributed by atoms with Gasteiger partial charge in [-0.25, -0.2) is 13.1 Å². The van der Waals surface area contributed by atoms with E-state index in [-0.39, 0.29) is 6.54 Å². The van der Waals surface area contributed by atoms with Crippen molar-refractivity contribution in [1.29, 1.82) is 0 Å². The van der Waals surface area contributed by atoms with Crippen LogP contribution in [0.2, 0.25) is 0 Å². The van der Waals surface area contributed by atoms with E-state index in [2.05, 4.69) is 10.0 Å². The van der Waals surface area contributed by atoms with Gasteiger partial charge in [0.25, 0.3) is 0 Å². The van der Waals surface area contributed by atoms with Crippen LogP contribution in [0.4, 0.5) is 0 Å². The fourth-order valence-corrected chi connectivity index (χ4v) is 2.68. The van der Waals surface area contributed by atoms with Gasteiger partial charge in [0.1, 0.15) is 0 Å². The fourth-order valence-electron chi connectivity index (χ4n) is 1.67. The molecule has 5 nitrogen and oxygen atoms in total. The van der Waals surface area contributed by atoms with Gasteiger partial charge < -0.3 is 10.1 Å². The topological polar surface area (TPSA) is 67.4 Å². The van der Waals surface area contributed by atoms with E-state index < -0.39 is 10.0 Å². The molecular weight excluding hydrogens is 264 g/mol. The van der Waals surface area contributed by atoms with Crippen molar-refractivity contribution in [3.8, 4) is 0 Å². The Labute approximate surface area is 115 Å². The molecule has 1 aromatic rings. The molecule has 108 valence electrons. The average molecular weight is 286 g/mol. The molecule has 0 saturated carbocycles. The normalized spacial score (nSPS) is 11.7. The van der Waals surface area contributed by atoms with Crippen molar-refractivity contribution < 1.29 is 13.2 Å². The van der Waals surface area contributed by atoms with Gasteiger partial charge in [0, 0.05) is 13.7 Å². The van der Waals surface area contributed by atoms with Crippen LogP contribution in [0.3, 0.4) is 0 Å². The molecule has 0 aliphatic heterocycles. The van der Waals surface area contributed by atoms with E-state index in [1.54, 1.807) is 12.1 Å². The molecule has 19 heavy (non-hydrogen) atoms. The van der Waals surface area contributed by atoms with Crippen molar-refractivity contribution in [1.82, 2.24) is 10.0 Å². The van der Waals surface area contributed by atoms with E-state index in [0.29, 0.717) is 11.5 Å². The van der Waals surface area contributed by atoms with Gasteiger partial charge in [-0.3, -0.25) is 0 Å². The quantitative estimate of drug-likeness (QED) is 0.658. The highest BCUT2D eigenvalue weighted by Gasteiger charge is 2.12. The number of methoxy groups -OCH3 is 1. The third-order valence-electron chi connectivity index (χ3n) is 2.72. The maximum atomic E-state index is 11.9. The fraction of sp³-hybridized carbons (Fsp3) is 0.538. The second-order valence-electron chi connectivity index (χ2n) is 4.24. The third-order valence-corrected chi connectivity index (χ3v) is 4.20. The van der Waals surface area contributed by atoms with Crippen LogP contribution in [0.25, 0.3) is 0 Å². The van der Waals surface area contributed by atoms with Gasteiger partial charge in [-0.15, -0.1) is 0 Å². The van der Waals surface area contributed by atoms with Gasteiger partial charge in [0.05, 0.1) is 11.5 Å². The van der Waals surface area contributed by atoms with Crippen molar-refractivity contribution >= 4 is 10.0 Å². The largest absolute Gasteiger partial charge is 0.383 e. The minimum Gasteiger partial charge on any atom is -0.383 e. The third kappa shape index (κ3) is 5.69. The van der Waals surface area contributed by atoms with Gasteiger partial charge in [0.15, 0.2) is 0 Å². The molecule has 0 aliphatic rings. The summed E-state index contributed by atoms with van der Waals surface area (Å²) in [6.07, 6.45) is 1.98. The zero-order chi connectivity index (χ0) is 14.1. The molecule has 1 aromatic carbocycles. The molecule has 6 heteroatoms. The first-order valence-corrected chi connectivity index (χ1v) is 7.80. The summed E-state index contributed by atoms with van der Waals surface area (Å²) in [4.78, 5) is 0.293. The predicted octanol–water partition coefficient (Wildman–Crippen LogP) is 0.763. The second kappa shape index (κ2) is 8.27. The lowest BCUT2D eigenvalue weighted by Crippen LogP contribution is -2.27. The van der Waals surface area contributed by atoms with Gasteiger partial charge >= 0.3 is 0 Å². The summed E-state index contributed by atoms with van der Waals surface area (Å²) in [7, 11) is 0.0372. The molecule has 0 aromatic heterocycles. The highest BCUT2D eigenvalue weighted by Crippen LogP contribution is 2.11. The Morgan fingerprint density at radius 1 is 1.16 bits per heavy atom. The molecule has 0 bridgehead atoms. The first-order chi connectivity index (χ1) is 9.10. The number of ether oxygens (including phenoxy) is 1. The summed E-state index contributed by atoms with van der Waals surface area (Å²) < 4.78 is 31.1. The Bertz CT molecular complexity index is 457. The van der Waals surface area contributed by atoms with Gasteiger partial charge in [-0.1, -0.05) is 12.1 Å². The second-order valence-corrected chi connectivity index (χ2v) is 6.01. The lowest BCUT2D eigenvalue weighted by molar-refractivity contribution is 0.204. The lowest BCUT2D eigenvalue weighted by Gasteiger charge is -2.07. The number of sulfonamides is 1. The number of aryl methyl sites for hydroxylation is 1. The molecule has 0 fully saturated rings. The van der Waals surface area contributed by atoms with E-state index in [1.165, 1.54) is 7.11 Å². The van der Waals surface area contributed by atoms with E-state index in [1.807, 2.05) is 19.2 Å². The maximum absolute atomic E-state index is 11.9. The van der Waals surface area contributed by atoms with Crippen LogP contribution >= 0.6 is 0 Å². The van der Waals surface area contributed by atoms with Crippen LogP contribution in [-0.2, 0) is 21.2 Å². The van der Waals surface area contributed by atoms with Crippen molar-refractivity contribution in [3.05, 3.63) is 29.8 Å². The average Bonchev–Trinajstić information content (AvgIpc) is 2.40. The summed E-state index contributed by atoms with van der Waals surface area (Å²) in [6.45, 7) is 1.60. The number of hydrogen-bond acceptors (Lipinski definition) is 4. The Hall–Kier alpha value is -0.950. The van der Waals surface area contributed by atoms with Crippen molar-refractivity contribution in [3.63, 3.8) is 0 Å². The van der Waals surface area contributed by atoms with Crippen LogP contribution in [0.15, 0.2) is 29.2 Å². The van der Waals surface area contributed by atoms with Gasteiger partial charge in [-0.2, -0.15) is 0 Å². The molecule has 0 atom stereocenters. The van der Waals surface area contributed by atoms with E-state index in [0.717, 1.165) is 24.9 Å². The molecule has 0 radical (unpaired) electrons. The minimum absolute atomic E-state index is 0.281. The van der Waals surface area contributed by atoms with E-state index >= 15 is 0 Å². The monoisotopic (exact) mass is 286 g/mol. The zero-order valence-electron chi connectivity index (χ0n) is 11.5. The highest BCUT2D eigenvalue weighted by atomic mass is 32.2. The number of rotatable bonds is 9. The Kier molecular flexibility index (Phi) is 7.01. The minimum atomic E-state index is -3.42. The summed E-state index contributed by atoms with van der Waals surface area (Å²) in [6, 6.07) is 7.01. The Balaban J connectivity index is 2.59. The van der Waals surface area contributed by atoms with Gasteiger partial charge in [-0.05, 0) is 44.1 Å². The first kappa shape index (κ1) is 16.1.